The predicted octanol–water partition coefficient (Wildman–Crippen LogP) is 2.53. The number of benzene rings is 2. The van der Waals surface area contributed by atoms with Crippen LogP contribution < -0.4 is 5.32 Å². The number of amides is 3. The van der Waals surface area contributed by atoms with Gasteiger partial charge in [-0.15, -0.1) is 0 Å². The van der Waals surface area contributed by atoms with Gasteiger partial charge in [0.15, 0.2) is 0 Å². The molecule has 2 aromatic carbocycles. The zero-order valence-electron chi connectivity index (χ0n) is 17.6. The van der Waals surface area contributed by atoms with Crippen molar-refractivity contribution in [2.45, 2.75) is 25.4 Å². The van der Waals surface area contributed by atoms with Gasteiger partial charge in [-0.05, 0) is 36.2 Å². The Morgan fingerprint density at radius 2 is 2.00 bits per heavy atom. The second kappa shape index (κ2) is 7.67. The van der Waals surface area contributed by atoms with Crippen LogP contribution in [0.15, 0.2) is 42.6 Å². The van der Waals surface area contributed by atoms with E-state index in [0.29, 0.717) is 29.1 Å². The van der Waals surface area contributed by atoms with E-state index in [4.69, 9.17) is 0 Å². The van der Waals surface area contributed by atoms with Crippen LogP contribution in [0.1, 0.15) is 34.3 Å². The first-order valence-corrected chi connectivity index (χ1v) is 10.4. The van der Waals surface area contributed by atoms with Gasteiger partial charge < -0.3 is 9.47 Å². The van der Waals surface area contributed by atoms with Crippen LogP contribution >= 0.6 is 0 Å². The van der Waals surface area contributed by atoms with Crippen LogP contribution in [0.3, 0.4) is 0 Å². The molecule has 0 bridgehead atoms. The highest BCUT2D eigenvalue weighted by Gasteiger charge is 2.39. The maximum Gasteiger partial charge on any atom is 0.255 e. The Kier molecular flexibility index (Phi) is 4.78. The van der Waals surface area contributed by atoms with Crippen molar-refractivity contribution in [3.63, 3.8) is 0 Å². The summed E-state index contributed by atoms with van der Waals surface area (Å²) in [6.45, 7) is 0.260. The molecule has 0 saturated carbocycles. The van der Waals surface area contributed by atoms with E-state index < -0.39 is 17.8 Å². The molecule has 2 aliphatic heterocycles. The molecule has 2 aliphatic rings. The van der Waals surface area contributed by atoms with E-state index in [-0.39, 0.29) is 30.3 Å². The number of imide groups is 1. The Morgan fingerprint density at radius 1 is 1.18 bits per heavy atom. The molecule has 1 N–H and O–H groups in total. The molecular weight excluding hydrogens is 425 g/mol. The van der Waals surface area contributed by atoms with Crippen molar-refractivity contribution in [3.8, 4) is 28.7 Å². The number of piperidine rings is 1. The molecule has 3 aromatic rings. The molecule has 1 aromatic heterocycles. The minimum atomic E-state index is -0.676. The minimum Gasteiger partial charge on any atom is -0.333 e. The van der Waals surface area contributed by atoms with Crippen LogP contribution in [-0.2, 0) is 23.2 Å². The number of aryl methyl sites for hydroxylation is 1. The van der Waals surface area contributed by atoms with E-state index in [0.717, 1.165) is 11.1 Å². The van der Waals surface area contributed by atoms with E-state index in [1.165, 1.54) is 17.0 Å². The fourth-order valence-electron chi connectivity index (χ4n) is 4.41. The predicted molar refractivity (Wildman–Crippen MR) is 115 cm³/mol. The second-order valence-electron chi connectivity index (χ2n) is 8.11. The van der Waals surface area contributed by atoms with Crippen LogP contribution in [0.25, 0.3) is 22.6 Å². The molecule has 0 radical (unpaired) electrons. The SMILES string of the molecule is Cn1cc(-c2ccc3c(c2)CN(C2CCC(=O)NC2=O)C3=O)nc1-c1cccc(F)c1C#N. The number of rotatable bonds is 3. The second-order valence-corrected chi connectivity index (χ2v) is 8.11. The summed E-state index contributed by atoms with van der Waals surface area (Å²) in [4.78, 5) is 42.7. The summed E-state index contributed by atoms with van der Waals surface area (Å²) in [5.74, 6) is -1.19. The maximum absolute atomic E-state index is 14.1. The quantitative estimate of drug-likeness (QED) is 0.626. The maximum atomic E-state index is 14.1. The number of halogens is 1. The highest BCUT2D eigenvalue weighted by atomic mass is 19.1. The van der Waals surface area contributed by atoms with Gasteiger partial charge in [0.1, 0.15) is 23.8 Å². The lowest BCUT2D eigenvalue weighted by Gasteiger charge is -2.29. The summed E-state index contributed by atoms with van der Waals surface area (Å²) < 4.78 is 15.8. The molecule has 3 heterocycles. The largest absolute Gasteiger partial charge is 0.333 e. The fourth-order valence-corrected chi connectivity index (χ4v) is 4.41. The Bertz CT molecular complexity index is 1390. The van der Waals surface area contributed by atoms with Gasteiger partial charge in [-0.1, -0.05) is 12.1 Å². The molecule has 0 aliphatic carbocycles. The van der Waals surface area contributed by atoms with Gasteiger partial charge in [0.2, 0.25) is 11.8 Å². The van der Waals surface area contributed by atoms with Crippen LogP contribution in [0.4, 0.5) is 4.39 Å². The molecule has 1 atom stereocenters. The number of nitriles is 1. The van der Waals surface area contributed by atoms with Crippen molar-refractivity contribution in [2.75, 3.05) is 0 Å². The number of carbonyl (C=O) groups is 3. The summed E-state index contributed by atoms with van der Waals surface area (Å²) in [6, 6.07) is 11.0. The number of nitrogens with one attached hydrogen (secondary N) is 1. The normalized spacial score (nSPS) is 17.7. The molecule has 1 saturated heterocycles. The Labute approximate surface area is 188 Å². The van der Waals surface area contributed by atoms with Crippen molar-refractivity contribution in [1.82, 2.24) is 19.8 Å². The van der Waals surface area contributed by atoms with Gasteiger partial charge in [0, 0.05) is 42.9 Å². The van der Waals surface area contributed by atoms with E-state index >= 15 is 0 Å². The monoisotopic (exact) mass is 443 g/mol. The van der Waals surface area contributed by atoms with Gasteiger partial charge in [0.25, 0.3) is 5.91 Å². The number of hydrogen-bond donors (Lipinski definition) is 1. The van der Waals surface area contributed by atoms with E-state index in [1.54, 1.807) is 36.0 Å². The number of hydrogen-bond acceptors (Lipinski definition) is 5. The first-order valence-electron chi connectivity index (χ1n) is 10.4. The molecule has 5 rings (SSSR count). The third-order valence-electron chi connectivity index (χ3n) is 6.06. The fraction of sp³-hybridized carbons (Fsp3) is 0.208. The van der Waals surface area contributed by atoms with Gasteiger partial charge in [-0.25, -0.2) is 9.37 Å². The number of imidazole rings is 1. The third-order valence-corrected chi connectivity index (χ3v) is 6.06. The molecule has 33 heavy (non-hydrogen) atoms. The van der Waals surface area contributed by atoms with Crippen molar-refractivity contribution in [2.24, 2.45) is 7.05 Å². The summed E-state index contributed by atoms with van der Waals surface area (Å²) in [6.07, 6.45) is 2.27. The third kappa shape index (κ3) is 3.36. The molecular formula is C24H18FN5O3. The Hall–Kier alpha value is -4.32. The number of aromatic nitrogens is 2. The lowest BCUT2D eigenvalue weighted by atomic mass is 10.0. The Morgan fingerprint density at radius 3 is 2.76 bits per heavy atom. The zero-order valence-corrected chi connectivity index (χ0v) is 17.6. The van der Waals surface area contributed by atoms with Gasteiger partial charge in [-0.2, -0.15) is 5.26 Å². The molecule has 1 fully saturated rings. The summed E-state index contributed by atoms with van der Waals surface area (Å²) >= 11 is 0. The van der Waals surface area contributed by atoms with Crippen LogP contribution in [0, 0.1) is 17.1 Å². The average Bonchev–Trinajstić information content (AvgIpc) is 3.33. The molecule has 164 valence electrons. The van der Waals surface area contributed by atoms with Crippen molar-refractivity contribution < 1.29 is 18.8 Å². The first-order chi connectivity index (χ1) is 15.9. The van der Waals surface area contributed by atoms with Crippen molar-refractivity contribution in [3.05, 3.63) is 65.1 Å². The van der Waals surface area contributed by atoms with Crippen molar-refractivity contribution >= 4 is 17.7 Å². The zero-order chi connectivity index (χ0) is 23.3. The van der Waals surface area contributed by atoms with E-state index in [9.17, 15) is 24.0 Å². The van der Waals surface area contributed by atoms with E-state index in [1.807, 2.05) is 12.1 Å². The topological polar surface area (TPSA) is 108 Å². The average molecular weight is 443 g/mol. The molecule has 8 nitrogen and oxygen atoms in total. The van der Waals surface area contributed by atoms with Crippen molar-refractivity contribution in [1.29, 1.82) is 5.26 Å². The number of nitrogens with zero attached hydrogens (tertiary/aromatic N) is 4. The van der Waals surface area contributed by atoms with Gasteiger partial charge in [-0.3, -0.25) is 19.7 Å². The lowest BCUT2D eigenvalue weighted by molar-refractivity contribution is -0.136. The van der Waals surface area contributed by atoms with E-state index in [2.05, 4.69) is 10.3 Å². The highest BCUT2D eigenvalue weighted by molar-refractivity contribution is 6.05. The van der Waals surface area contributed by atoms with Gasteiger partial charge >= 0.3 is 0 Å². The number of fused-ring (bicyclic) bond motifs is 1. The minimum absolute atomic E-state index is 0.0721. The van der Waals surface area contributed by atoms with Crippen LogP contribution in [0.5, 0.6) is 0 Å². The molecule has 3 amide bonds. The Balaban J connectivity index is 1.47. The number of carbonyl (C=O) groups excluding carboxylic acids is 3. The van der Waals surface area contributed by atoms with Crippen LogP contribution in [-0.4, -0.2) is 38.2 Å². The smallest absolute Gasteiger partial charge is 0.255 e. The lowest BCUT2D eigenvalue weighted by Crippen LogP contribution is -2.52. The van der Waals surface area contributed by atoms with Crippen LogP contribution in [0.2, 0.25) is 0 Å². The standard InChI is InChI=1S/C24H18FN5O3/c1-29-12-19(27-22(29)16-3-2-4-18(25)17(16)10-26)13-5-6-15-14(9-13)11-30(24(15)33)20-7-8-21(31)28-23(20)32/h2-6,9,12,20H,7-8,11H2,1H3,(H,28,31,32). The molecule has 9 heteroatoms. The molecule has 0 spiro atoms. The summed E-state index contributed by atoms with van der Waals surface area (Å²) in [5.41, 5.74) is 2.96. The van der Waals surface area contributed by atoms with Gasteiger partial charge in [0.05, 0.1) is 11.3 Å². The summed E-state index contributed by atoms with van der Waals surface area (Å²) in [7, 11) is 1.76. The first kappa shape index (κ1) is 20.6. The highest BCUT2D eigenvalue weighted by Crippen LogP contribution is 2.32. The summed E-state index contributed by atoms with van der Waals surface area (Å²) in [5, 5.41) is 11.7. The molecule has 1 unspecified atom stereocenters.